The number of aliphatic carboxylic acids is 1. The summed E-state index contributed by atoms with van der Waals surface area (Å²) in [6, 6.07) is 0. The second kappa shape index (κ2) is 28.4. The molecule has 6 heteroatoms. The summed E-state index contributed by atoms with van der Waals surface area (Å²) in [6.07, 6.45) is 22.5. The fraction of sp³-hybridized carbons (Fsp3) is 0.933. The highest BCUT2D eigenvalue weighted by atomic mass is 16.6. The van der Waals surface area contributed by atoms with Crippen molar-refractivity contribution in [2.24, 2.45) is 0 Å². The molecule has 0 aromatic heterocycles. The fourth-order valence-electron chi connectivity index (χ4n) is 4.16. The van der Waals surface area contributed by atoms with Gasteiger partial charge in [0.05, 0.1) is 6.61 Å². The second-order valence-corrected chi connectivity index (χ2v) is 10.2. The van der Waals surface area contributed by atoms with E-state index in [0.717, 1.165) is 25.9 Å². The van der Waals surface area contributed by atoms with E-state index in [9.17, 15) is 9.59 Å². The number of hydrogen-bond donors (Lipinski definition) is 1. The number of esters is 1. The van der Waals surface area contributed by atoms with Crippen LogP contribution >= 0.6 is 0 Å². The van der Waals surface area contributed by atoms with Crippen molar-refractivity contribution >= 4 is 11.9 Å². The van der Waals surface area contributed by atoms with Gasteiger partial charge in [-0.05, 0) is 25.7 Å². The number of carboxylic acid groups (broad SMARTS) is 1. The molecule has 0 aromatic rings. The first-order chi connectivity index (χ1) is 17.6. The van der Waals surface area contributed by atoms with Crippen molar-refractivity contribution in [2.45, 2.75) is 155 Å². The Morgan fingerprint density at radius 2 is 1.06 bits per heavy atom. The molecular weight excluding hydrogens is 456 g/mol. The Balaban J connectivity index is 4.04. The molecule has 0 saturated heterocycles. The summed E-state index contributed by atoms with van der Waals surface area (Å²) < 4.78 is 17.3. The van der Waals surface area contributed by atoms with Crippen molar-refractivity contribution in [3.8, 4) is 0 Å². The molecule has 1 N–H and O–H groups in total. The van der Waals surface area contributed by atoms with Gasteiger partial charge in [-0.3, -0.25) is 9.59 Å². The molecule has 6 nitrogen and oxygen atoms in total. The van der Waals surface area contributed by atoms with Crippen LogP contribution in [0.4, 0.5) is 0 Å². The lowest BCUT2D eigenvalue weighted by Crippen LogP contribution is -2.28. The molecule has 0 aliphatic heterocycles. The molecule has 0 aromatic carbocycles. The topological polar surface area (TPSA) is 82.1 Å². The van der Waals surface area contributed by atoms with Crippen LogP contribution in [0, 0.1) is 0 Å². The number of unbranched alkanes of at least 4 members (excludes halogenated alkanes) is 16. The molecule has 0 aliphatic rings. The first-order valence-corrected chi connectivity index (χ1v) is 15.2. The molecule has 0 fully saturated rings. The number of carboxylic acids is 1. The van der Waals surface area contributed by atoms with Gasteiger partial charge in [0.25, 0.3) is 0 Å². The smallest absolute Gasteiger partial charge is 0.305 e. The van der Waals surface area contributed by atoms with Crippen LogP contribution in [-0.4, -0.2) is 49.6 Å². The van der Waals surface area contributed by atoms with Gasteiger partial charge >= 0.3 is 11.9 Å². The van der Waals surface area contributed by atoms with Crippen molar-refractivity contribution < 1.29 is 28.9 Å². The minimum atomic E-state index is -0.791. The highest BCUT2D eigenvalue weighted by Gasteiger charge is 2.13. The van der Waals surface area contributed by atoms with Crippen molar-refractivity contribution in [3.05, 3.63) is 0 Å². The third kappa shape index (κ3) is 27.4. The van der Waals surface area contributed by atoms with Crippen molar-refractivity contribution in [3.63, 3.8) is 0 Å². The molecule has 0 amide bonds. The van der Waals surface area contributed by atoms with Crippen LogP contribution in [0.2, 0.25) is 0 Å². The molecule has 1 unspecified atom stereocenters. The summed E-state index contributed by atoms with van der Waals surface area (Å²) in [5.74, 6) is -1.03. The zero-order chi connectivity index (χ0) is 26.5. The third-order valence-electron chi connectivity index (χ3n) is 6.50. The average molecular weight is 515 g/mol. The predicted molar refractivity (Wildman–Crippen MR) is 147 cm³/mol. The molecule has 0 aliphatic carbocycles. The highest BCUT2D eigenvalue weighted by Crippen LogP contribution is 2.11. The van der Waals surface area contributed by atoms with Gasteiger partial charge in [-0.1, -0.05) is 110 Å². The minimum absolute atomic E-state index is 0.153. The number of rotatable bonds is 29. The van der Waals surface area contributed by atoms with E-state index < -0.39 is 5.97 Å². The van der Waals surface area contributed by atoms with Crippen LogP contribution in [0.3, 0.4) is 0 Å². The van der Waals surface area contributed by atoms with E-state index >= 15 is 0 Å². The van der Waals surface area contributed by atoms with Crippen LogP contribution in [0.1, 0.15) is 149 Å². The maximum absolute atomic E-state index is 12.1. The van der Waals surface area contributed by atoms with E-state index in [1.54, 1.807) is 0 Å². The Kier molecular flexibility index (Phi) is 27.5. The molecule has 36 heavy (non-hydrogen) atoms. The number of hydrogen-bond acceptors (Lipinski definition) is 5. The third-order valence-corrected chi connectivity index (χ3v) is 6.50. The Morgan fingerprint density at radius 1 is 0.583 bits per heavy atom. The van der Waals surface area contributed by atoms with Gasteiger partial charge in [0.15, 0.2) is 0 Å². The van der Waals surface area contributed by atoms with Gasteiger partial charge < -0.3 is 19.3 Å². The Labute approximate surface area is 222 Å². The first-order valence-electron chi connectivity index (χ1n) is 15.2. The molecular formula is C30H58O6. The van der Waals surface area contributed by atoms with Crippen LogP contribution in [0.25, 0.3) is 0 Å². The minimum Gasteiger partial charge on any atom is -0.481 e. The largest absolute Gasteiger partial charge is 0.481 e. The van der Waals surface area contributed by atoms with Gasteiger partial charge in [0.1, 0.15) is 12.7 Å². The van der Waals surface area contributed by atoms with Crippen LogP contribution in [0.15, 0.2) is 0 Å². The Hall–Kier alpha value is -1.14. The van der Waals surface area contributed by atoms with E-state index in [4.69, 9.17) is 19.3 Å². The standard InChI is InChI=1S/C30H58O6/c1-3-5-7-9-11-13-15-20-24-34-26-28(35-25-21-16-14-12-10-8-6-4-2)27-36-30(33)23-19-17-18-22-29(31)32/h28H,3-27H2,1-2H3,(H,31,32). The zero-order valence-electron chi connectivity index (χ0n) is 23.7. The average Bonchev–Trinajstić information content (AvgIpc) is 2.86. The summed E-state index contributed by atoms with van der Waals surface area (Å²) in [5.41, 5.74) is 0. The molecule has 214 valence electrons. The van der Waals surface area contributed by atoms with E-state index in [2.05, 4.69) is 13.8 Å². The quantitative estimate of drug-likeness (QED) is 0.0799. The molecule has 1 atom stereocenters. The van der Waals surface area contributed by atoms with Gasteiger partial charge in [-0.25, -0.2) is 0 Å². The summed E-state index contributed by atoms with van der Waals surface area (Å²) >= 11 is 0. The van der Waals surface area contributed by atoms with Crippen molar-refractivity contribution in [1.82, 2.24) is 0 Å². The van der Waals surface area contributed by atoms with Crippen molar-refractivity contribution in [2.75, 3.05) is 26.4 Å². The van der Waals surface area contributed by atoms with Crippen LogP contribution < -0.4 is 0 Å². The molecule has 0 spiro atoms. The van der Waals surface area contributed by atoms with Crippen LogP contribution in [0.5, 0.6) is 0 Å². The summed E-state index contributed by atoms with van der Waals surface area (Å²) in [4.78, 5) is 22.6. The molecule has 0 radical (unpaired) electrons. The molecule has 0 heterocycles. The van der Waals surface area contributed by atoms with Gasteiger partial charge in [0.2, 0.25) is 0 Å². The monoisotopic (exact) mass is 514 g/mol. The van der Waals surface area contributed by atoms with E-state index in [-0.39, 0.29) is 25.1 Å². The van der Waals surface area contributed by atoms with Crippen LogP contribution in [-0.2, 0) is 23.8 Å². The number of ether oxygens (including phenoxy) is 3. The Bertz CT molecular complexity index is 482. The van der Waals surface area contributed by atoms with Gasteiger partial charge in [0, 0.05) is 26.1 Å². The van der Waals surface area contributed by atoms with E-state index in [0.29, 0.717) is 32.5 Å². The van der Waals surface area contributed by atoms with Gasteiger partial charge in [-0.2, -0.15) is 0 Å². The van der Waals surface area contributed by atoms with E-state index in [1.165, 1.54) is 89.9 Å². The molecule has 0 saturated carbocycles. The SMILES string of the molecule is CCCCCCCCCCOCC(COC(=O)CCCCCC(=O)O)OCCCCCCCCCC. The fourth-order valence-corrected chi connectivity index (χ4v) is 4.16. The lowest BCUT2D eigenvalue weighted by molar-refractivity contribution is -0.150. The maximum Gasteiger partial charge on any atom is 0.305 e. The summed E-state index contributed by atoms with van der Waals surface area (Å²) in [5, 5.41) is 8.68. The summed E-state index contributed by atoms with van der Waals surface area (Å²) in [6.45, 7) is 6.57. The Morgan fingerprint density at radius 3 is 1.61 bits per heavy atom. The maximum atomic E-state index is 12.1. The summed E-state index contributed by atoms with van der Waals surface area (Å²) in [7, 11) is 0. The van der Waals surface area contributed by atoms with Crippen molar-refractivity contribution in [1.29, 1.82) is 0 Å². The number of carbonyl (C=O) groups is 2. The zero-order valence-corrected chi connectivity index (χ0v) is 23.7. The van der Waals surface area contributed by atoms with Gasteiger partial charge in [-0.15, -0.1) is 0 Å². The highest BCUT2D eigenvalue weighted by molar-refractivity contribution is 5.69. The normalized spacial score (nSPS) is 12.1. The lowest BCUT2D eigenvalue weighted by atomic mass is 10.1. The lowest BCUT2D eigenvalue weighted by Gasteiger charge is -2.18. The predicted octanol–water partition coefficient (Wildman–Crippen LogP) is 8.25. The van der Waals surface area contributed by atoms with E-state index in [1.807, 2.05) is 0 Å². The molecule has 0 bridgehead atoms. The first kappa shape index (κ1) is 34.9. The number of carbonyl (C=O) groups excluding carboxylic acids is 1. The second-order valence-electron chi connectivity index (χ2n) is 10.2. The molecule has 0 rings (SSSR count).